The van der Waals surface area contributed by atoms with Crippen molar-refractivity contribution in [2.24, 2.45) is 5.92 Å². The molecule has 2 aromatic heterocycles. The van der Waals surface area contributed by atoms with E-state index in [1.165, 1.54) is 11.3 Å². The molecule has 0 radical (unpaired) electrons. The predicted molar refractivity (Wildman–Crippen MR) is 178 cm³/mol. The van der Waals surface area contributed by atoms with Gasteiger partial charge in [-0.05, 0) is 54.5 Å². The molecule has 0 aliphatic carbocycles. The number of pyridine rings is 1. The van der Waals surface area contributed by atoms with Crippen LogP contribution >= 0.6 is 22.9 Å². The molecule has 1 amide bonds. The monoisotopic (exact) mass is 620 g/mol. The second-order valence-electron chi connectivity index (χ2n) is 10.9. The number of carbonyl (C=O) groups excluding carboxylic acids is 1. The molecule has 4 aromatic rings. The van der Waals surface area contributed by atoms with E-state index in [4.69, 9.17) is 21.7 Å². The van der Waals surface area contributed by atoms with Gasteiger partial charge in [0.15, 0.2) is 0 Å². The van der Waals surface area contributed by atoms with Gasteiger partial charge in [-0.15, -0.1) is 11.3 Å². The van der Waals surface area contributed by atoms with Crippen LogP contribution < -0.4 is 10.9 Å². The molecular formula is C34H41ClN4O3S. The predicted octanol–water partition coefficient (Wildman–Crippen LogP) is 6.26. The van der Waals surface area contributed by atoms with Crippen molar-refractivity contribution in [1.82, 2.24) is 19.8 Å². The van der Waals surface area contributed by atoms with E-state index >= 15 is 0 Å². The van der Waals surface area contributed by atoms with Gasteiger partial charge in [0, 0.05) is 54.9 Å². The average Bonchev–Trinajstić information content (AvgIpc) is 3.52. The summed E-state index contributed by atoms with van der Waals surface area (Å²) in [6.45, 7) is 11.3. The third kappa shape index (κ3) is 7.10. The number of thiazole rings is 1. The summed E-state index contributed by atoms with van der Waals surface area (Å²) in [6, 6.07) is 15.6. The third-order valence-electron chi connectivity index (χ3n) is 7.60. The Morgan fingerprint density at radius 2 is 1.67 bits per heavy atom. The van der Waals surface area contributed by atoms with Crippen LogP contribution in [0, 0.1) is 5.92 Å². The number of nitrogens with zero attached hydrogens (tertiary/aromatic N) is 3. The van der Waals surface area contributed by atoms with E-state index in [1.807, 2.05) is 45.2 Å². The van der Waals surface area contributed by atoms with E-state index in [0.717, 1.165) is 66.8 Å². The SMILES string of the molecule is CCc1cccc(CC)c1-n1c(CC(C)C)c(C(=O)N2CCNCC2)cc(-c2nc(-c3ccc(Cl)cc3)cs2)c1=O.CO. The number of nitrogens with one attached hydrogen (secondary N) is 1. The summed E-state index contributed by atoms with van der Waals surface area (Å²) < 4.78 is 1.85. The Balaban J connectivity index is 0.00000207. The zero-order valence-electron chi connectivity index (χ0n) is 25.6. The Kier molecular flexibility index (Phi) is 11.3. The smallest absolute Gasteiger partial charge is 0.265 e. The van der Waals surface area contributed by atoms with Crippen LogP contribution in [0.5, 0.6) is 0 Å². The van der Waals surface area contributed by atoms with Crippen LogP contribution in [0.3, 0.4) is 0 Å². The molecule has 43 heavy (non-hydrogen) atoms. The number of rotatable bonds is 8. The number of hydrogen-bond donors (Lipinski definition) is 2. The number of aliphatic hydroxyl groups excluding tert-OH is 1. The number of piperazine rings is 1. The van der Waals surface area contributed by atoms with E-state index in [0.29, 0.717) is 40.7 Å². The van der Waals surface area contributed by atoms with Crippen LogP contribution in [0.1, 0.15) is 54.9 Å². The van der Waals surface area contributed by atoms with Crippen molar-refractivity contribution >= 4 is 28.8 Å². The first-order chi connectivity index (χ1) is 20.8. The molecule has 1 saturated heterocycles. The van der Waals surface area contributed by atoms with Crippen LogP contribution in [0.2, 0.25) is 5.02 Å². The van der Waals surface area contributed by atoms with Gasteiger partial charge in [0.05, 0.1) is 22.5 Å². The first kappa shape index (κ1) is 32.6. The summed E-state index contributed by atoms with van der Waals surface area (Å²) in [4.78, 5) is 35.6. The first-order valence-corrected chi connectivity index (χ1v) is 16.1. The summed E-state index contributed by atoms with van der Waals surface area (Å²) in [5.74, 6) is 0.218. The summed E-state index contributed by atoms with van der Waals surface area (Å²) in [7, 11) is 1.00. The zero-order chi connectivity index (χ0) is 31.1. The van der Waals surface area contributed by atoms with Crippen molar-refractivity contribution in [2.75, 3.05) is 33.3 Å². The zero-order valence-corrected chi connectivity index (χ0v) is 27.2. The Bertz CT molecular complexity index is 1580. The Labute approximate surface area is 263 Å². The van der Waals surface area contributed by atoms with E-state index < -0.39 is 0 Å². The molecule has 0 atom stereocenters. The molecule has 0 bridgehead atoms. The second kappa shape index (κ2) is 14.9. The Morgan fingerprint density at radius 3 is 2.26 bits per heavy atom. The minimum Gasteiger partial charge on any atom is -0.400 e. The normalized spacial score (nSPS) is 13.2. The van der Waals surface area contributed by atoms with Gasteiger partial charge in [0.1, 0.15) is 5.01 Å². The fraction of sp³-hybridized carbons (Fsp3) is 0.382. The topological polar surface area (TPSA) is 87.5 Å². The van der Waals surface area contributed by atoms with Gasteiger partial charge >= 0.3 is 0 Å². The van der Waals surface area contributed by atoms with Gasteiger partial charge < -0.3 is 15.3 Å². The molecule has 5 rings (SSSR count). The van der Waals surface area contributed by atoms with Crippen LogP contribution in [0.4, 0.5) is 0 Å². The van der Waals surface area contributed by atoms with Crippen molar-refractivity contribution in [2.45, 2.75) is 47.0 Å². The quantitative estimate of drug-likeness (QED) is 0.243. The van der Waals surface area contributed by atoms with Crippen molar-refractivity contribution in [1.29, 1.82) is 0 Å². The standard InChI is InChI=1S/C33H37ClN4O2S.CH4O/c1-5-22-8-7-9-23(6-2)30(22)38-29(18-21(3)4)26(32(39)37-16-14-35-15-17-37)19-27(33(38)40)31-36-28(20-41-31)24-10-12-25(34)13-11-24;1-2/h7-13,19-21,35H,5-6,14-18H2,1-4H3;2H,1H3. The van der Waals surface area contributed by atoms with Gasteiger partial charge in [0.2, 0.25) is 0 Å². The third-order valence-corrected chi connectivity index (χ3v) is 8.73. The minimum atomic E-state index is -0.134. The van der Waals surface area contributed by atoms with Gasteiger partial charge in [-0.3, -0.25) is 14.2 Å². The van der Waals surface area contributed by atoms with E-state index in [-0.39, 0.29) is 17.4 Å². The lowest BCUT2D eigenvalue weighted by Gasteiger charge is -2.30. The van der Waals surface area contributed by atoms with E-state index in [9.17, 15) is 9.59 Å². The molecule has 3 heterocycles. The van der Waals surface area contributed by atoms with Crippen molar-refractivity contribution in [3.8, 4) is 27.5 Å². The Hall–Kier alpha value is -3.30. The molecule has 1 fully saturated rings. The van der Waals surface area contributed by atoms with Gasteiger partial charge in [0.25, 0.3) is 11.5 Å². The molecule has 1 aliphatic heterocycles. The number of aromatic nitrogens is 2. The highest BCUT2D eigenvalue weighted by Crippen LogP contribution is 2.32. The highest BCUT2D eigenvalue weighted by molar-refractivity contribution is 7.13. The molecule has 0 unspecified atom stereocenters. The molecule has 0 saturated carbocycles. The fourth-order valence-electron chi connectivity index (χ4n) is 5.51. The molecule has 7 nitrogen and oxygen atoms in total. The molecule has 0 spiro atoms. The maximum Gasteiger partial charge on any atom is 0.265 e. The number of aryl methyl sites for hydroxylation is 2. The van der Waals surface area contributed by atoms with Crippen LogP contribution in [-0.4, -0.2) is 58.8 Å². The van der Waals surface area contributed by atoms with Crippen LogP contribution in [-0.2, 0) is 19.3 Å². The minimum absolute atomic E-state index is 0.0290. The highest BCUT2D eigenvalue weighted by atomic mass is 35.5. The molecular weight excluding hydrogens is 580 g/mol. The lowest BCUT2D eigenvalue weighted by atomic mass is 9.97. The molecule has 2 N–H and O–H groups in total. The molecule has 228 valence electrons. The molecule has 9 heteroatoms. The lowest BCUT2D eigenvalue weighted by molar-refractivity contribution is 0.0733. The van der Waals surface area contributed by atoms with Gasteiger partial charge in [-0.2, -0.15) is 0 Å². The number of hydrogen-bond acceptors (Lipinski definition) is 6. The number of halogens is 1. The van der Waals surface area contributed by atoms with Gasteiger partial charge in [-0.25, -0.2) is 4.98 Å². The molecule has 1 aliphatic rings. The fourth-order valence-corrected chi connectivity index (χ4v) is 6.47. The number of aliphatic hydroxyl groups is 1. The average molecular weight is 621 g/mol. The number of para-hydroxylation sites is 1. The number of carbonyl (C=O) groups is 1. The molecule has 2 aromatic carbocycles. The van der Waals surface area contributed by atoms with E-state index in [1.54, 1.807) is 0 Å². The summed E-state index contributed by atoms with van der Waals surface area (Å²) >= 11 is 7.53. The number of benzene rings is 2. The maximum atomic E-state index is 14.6. The maximum absolute atomic E-state index is 14.6. The van der Waals surface area contributed by atoms with Crippen molar-refractivity contribution < 1.29 is 9.90 Å². The van der Waals surface area contributed by atoms with E-state index in [2.05, 4.69) is 51.2 Å². The van der Waals surface area contributed by atoms with Gasteiger partial charge in [-0.1, -0.05) is 69.6 Å². The van der Waals surface area contributed by atoms with Crippen LogP contribution in [0.15, 0.2) is 58.7 Å². The summed E-state index contributed by atoms with van der Waals surface area (Å²) in [6.07, 6.45) is 2.16. The first-order valence-electron chi connectivity index (χ1n) is 14.9. The highest BCUT2D eigenvalue weighted by Gasteiger charge is 2.28. The van der Waals surface area contributed by atoms with Crippen molar-refractivity contribution in [3.05, 3.63) is 91.7 Å². The van der Waals surface area contributed by atoms with Crippen LogP contribution in [0.25, 0.3) is 27.5 Å². The Morgan fingerprint density at radius 1 is 1.05 bits per heavy atom. The largest absolute Gasteiger partial charge is 0.400 e. The summed E-state index contributed by atoms with van der Waals surface area (Å²) in [5, 5.41) is 13.6. The van der Waals surface area contributed by atoms with Crippen molar-refractivity contribution in [3.63, 3.8) is 0 Å². The lowest BCUT2D eigenvalue weighted by Crippen LogP contribution is -2.47. The number of amides is 1. The second-order valence-corrected chi connectivity index (χ2v) is 12.2. The summed E-state index contributed by atoms with van der Waals surface area (Å²) in [5.41, 5.74) is 6.48.